The Morgan fingerprint density at radius 1 is 1.29 bits per heavy atom. The zero-order chi connectivity index (χ0) is 30.4. The molecule has 15 nitrogen and oxygen atoms in total. The molecule has 0 bridgehead atoms. The molecular weight excluding hydrogens is 580 g/mol. The number of alkyl carbamates (subject to hydrolysis) is 1. The second-order valence-electron chi connectivity index (χ2n) is 10.1. The normalized spacial score (nSPS) is 22.4. The maximum Gasteiger partial charge on any atom is 0.407 e. The van der Waals surface area contributed by atoms with Gasteiger partial charge in [-0.25, -0.2) is 9.78 Å². The first kappa shape index (κ1) is 31.7. The monoisotopic (exact) mass is 612 g/mol. The van der Waals surface area contributed by atoms with E-state index in [4.69, 9.17) is 19.9 Å². The number of nitrogens with one attached hydrogen (secondary N) is 2. The number of carbonyl (C=O) groups excluding carboxylic acids is 5. The Balaban J connectivity index is 1.69. The third-order valence-electron chi connectivity index (χ3n) is 5.94. The van der Waals surface area contributed by atoms with Gasteiger partial charge < -0.3 is 40.7 Å². The van der Waals surface area contributed by atoms with Gasteiger partial charge in [-0.1, -0.05) is 11.2 Å². The van der Waals surface area contributed by atoms with Crippen LogP contribution in [0.4, 0.5) is 9.93 Å². The van der Waals surface area contributed by atoms with Crippen molar-refractivity contribution in [1.82, 2.24) is 20.5 Å². The molecule has 2 fully saturated rings. The number of anilines is 1. The highest BCUT2D eigenvalue weighted by Gasteiger charge is 2.57. The van der Waals surface area contributed by atoms with E-state index in [9.17, 15) is 29.2 Å². The highest BCUT2D eigenvalue weighted by atomic mass is 32.2. The fraction of sp³-hybridized carbons (Fsp3) is 0.542. The predicted molar refractivity (Wildman–Crippen MR) is 148 cm³/mol. The summed E-state index contributed by atoms with van der Waals surface area (Å²) in [5.41, 5.74) is 3.08. The molecule has 224 valence electrons. The maximum absolute atomic E-state index is 13.2. The van der Waals surface area contributed by atoms with E-state index >= 15 is 0 Å². The van der Waals surface area contributed by atoms with E-state index in [1.807, 2.05) is 0 Å². The van der Waals surface area contributed by atoms with Crippen molar-refractivity contribution in [3.05, 3.63) is 23.2 Å². The smallest absolute Gasteiger partial charge is 0.407 e. The van der Waals surface area contributed by atoms with Crippen LogP contribution in [0.5, 0.6) is 0 Å². The SMILES string of the molecule is CCNC(=O)OCC=CC1(C(=O)OCOC(=O)C(C)(C)C)CS[C@@H]2C(NC(=O)C(=NO)c3csc(N)n3)C(=O)N2C1. The van der Waals surface area contributed by atoms with Gasteiger partial charge in [0.05, 0.1) is 5.41 Å². The van der Waals surface area contributed by atoms with Crippen molar-refractivity contribution < 1.29 is 43.4 Å². The molecule has 3 atom stereocenters. The van der Waals surface area contributed by atoms with Gasteiger partial charge >= 0.3 is 18.0 Å². The van der Waals surface area contributed by atoms with E-state index in [-0.39, 0.29) is 29.7 Å². The van der Waals surface area contributed by atoms with Crippen LogP contribution in [-0.2, 0) is 33.4 Å². The Hall–Kier alpha value is -3.86. The summed E-state index contributed by atoms with van der Waals surface area (Å²) >= 11 is 2.26. The topological polar surface area (TPSA) is 212 Å². The minimum Gasteiger partial charge on any atom is -0.445 e. The first-order valence-electron chi connectivity index (χ1n) is 12.4. The van der Waals surface area contributed by atoms with Crippen molar-refractivity contribution in [2.24, 2.45) is 16.0 Å². The molecule has 3 heterocycles. The number of ether oxygens (including phenoxy) is 3. The van der Waals surface area contributed by atoms with Gasteiger partial charge in [0.25, 0.3) is 5.91 Å². The number of β-lactam (4-membered cyclic amide) rings is 1. The summed E-state index contributed by atoms with van der Waals surface area (Å²) in [7, 11) is 0. The molecule has 1 aromatic heterocycles. The average Bonchev–Trinajstić information content (AvgIpc) is 3.35. The third kappa shape index (κ3) is 7.46. The minimum absolute atomic E-state index is 0.0568. The van der Waals surface area contributed by atoms with Gasteiger partial charge in [0.2, 0.25) is 12.7 Å². The van der Waals surface area contributed by atoms with Crippen LogP contribution in [0.2, 0.25) is 0 Å². The van der Waals surface area contributed by atoms with E-state index in [1.54, 1.807) is 27.7 Å². The van der Waals surface area contributed by atoms with Crippen LogP contribution in [0.15, 0.2) is 22.7 Å². The van der Waals surface area contributed by atoms with Crippen molar-refractivity contribution in [3.8, 4) is 0 Å². The first-order chi connectivity index (χ1) is 19.3. The summed E-state index contributed by atoms with van der Waals surface area (Å²) < 4.78 is 15.3. The zero-order valence-corrected chi connectivity index (χ0v) is 24.5. The van der Waals surface area contributed by atoms with Crippen molar-refractivity contribution in [3.63, 3.8) is 0 Å². The van der Waals surface area contributed by atoms with E-state index in [0.717, 1.165) is 11.3 Å². The number of oxime groups is 1. The quantitative estimate of drug-likeness (QED) is 0.0546. The lowest BCUT2D eigenvalue weighted by Crippen LogP contribution is -2.74. The number of aromatic nitrogens is 1. The summed E-state index contributed by atoms with van der Waals surface area (Å²) in [6.07, 6.45) is 2.32. The first-order valence-corrected chi connectivity index (χ1v) is 14.3. The molecule has 2 aliphatic heterocycles. The molecule has 17 heteroatoms. The predicted octanol–water partition coefficient (Wildman–Crippen LogP) is 0.682. The number of hydrogen-bond acceptors (Lipinski definition) is 14. The van der Waals surface area contributed by atoms with E-state index in [1.165, 1.54) is 34.2 Å². The Kier molecular flexibility index (Phi) is 10.2. The fourth-order valence-corrected chi connectivity index (χ4v) is 5.85. The van der Waals surface area contributed by atoms with Gasteiger partial charge in [-0.05, 0) is 33.8 Å². The molecule has 0 aliphatic carbocycles. The average molecular weight is 613 g/mol. The van der Waals surface area contributed by atoms with E-state index < -0.39 is 64.6 Å². The number of rotatable bonds is 10. The molecule has 5 N–H and O–H groups in total. The Morgan fingerprint density at radius 3 is 2.63 bits per heavy atom. The zero-order valence-electron chi connectivity index (χ0n) is 22.9. The van der Waals surface area contributed by atoms with Crippen LogP contribution in [0.3, 0.4) is 0 Å². The van der Waals surface area contributed by atoms with Gasteiger partial charge in [0.1, 0.15) is 29.1 Å². The van der Waals surface area contributed by atoms with Crippen LogP contribution in [0, 0.1) is 10.8 Å². The van der Waals surface area contributed by atoms with Crippen molar-refractivity contribution >= 4 is 63.8 Å². The molecule has 0 saturated carbocycles. The van der Waals surface area contributed by atoms with E-state index in [2.05, 4.69) is 20.8 Å². The molecule has 1 aromatic rings. The van der Waals surface area contributed by atoms with Gasteiger partial charge in [-0.2, -0.15) is 0 Å². The van der Waals surface area contributed by atoms with E-state index in [0.29, 0.717) is 6.54 Å². The lowest BCUT2D eigenvalue weighted by molar-refractivity contribution is -0.178. The van der Waals surface area contributed by atoms with Crippen LogP contribution >= 0.6 is 23.1 Å². The number of fused-ring (bicyclic) bond motifs is 1. The molecule has 3 rings (SSSR count). The number of carbonyl (C=O) groups is 5. The van der Waals surface area contributed by atoms with Gasteiger partial charge in [0.15, 0.2) is 10.8 Å². The van der Waals surface area contributed by atoms with Crippen LogP contribution in [0.25, 0.3) is 0 Å². The van der Waals surface area contributed by atoms with Gasteiger partial charge in [0, 0.05) is 24.2 Å². The molecule has 0 aromatic carbocycles. The van der Waals surface area contributed by atoms with Crippen molar-refractivity contribution in [2.45, 2.75) is 39.1 Å². The van der Waals surface area contributed by atoms with Crippen LogP contribution < -0.4 is 16.4 Å². The Morgan fingerprint density at radius 2 is 2.02 bits per heavy atom. The summed E-state index contributed by atoms with van der Waals surface area (Å²) in [6.45, 7) is 6.19. The lowest BCUT2D eigenvalue weighted by Gasteiger charge is -2.53. The summed E-state index contributed by atoms with van der Waals surface area (Å²) in [4.78, 5) is 68.0. The molecule has 0 radical (unpaired) electrons. The van der Waals surface area contributed by atoms with Crippen molar-refractivity contribution in [1.29, 1.82) is 0 Å². The highest BCUT2D eigenvalue weighted by molar-refractivity contribution is 8.00. The second kappa shape index (κ2) is 13.2. The number of esters is 2. The third-order valence-corrected chi connectivity index (χ3v) is 8.16. The molecule has 2 saturated heterocycles. The Bertz CT molecular complexity index is 1240. The standard InChI is InChI=1S/C24H32N6O9S2/c1-5-26-22(35)37-8-6-7-24(20(34)39-12-38-19(33)23(2,3)4)10-30-17(32)15(18(30)41-11-24)28-16(31)14(29-36)13-9-40-21(25)27-13/h6-7,9,15,18,36H,5,8,10-12H2,1-4H3,(H2,25,27)(H,26,35)(H,28,31)/t15?,18-,24?/m1/s1. The molecule has 3 amide bonds. The van der Waals surface area contributed by atoms with Gasteiger partial charge in [-0.3, -0.25) is 19.2 Å². The number of thioether (sulfide) groups is 1. The molecular formula is C24H32N6O9S2. The molecule has 0 spiro atoms. The Labute approximate surface area is 243 Å². The van der Waals surface area contributed by atoms with Crippen molar-refractivity contribution in [2.75, 3.05) is 38.0 Å². The van der Waals surface area contributed by atoms with Crippen LogP contribution in [-0.4, -0.2) is 94.3 Å². The largest absolute Gasteiger partial charge is 0.445 e. The highest BCUT2D eigenvalue weighted by Crippen LogP contribution is 2.43. The number of nitrogens with zero attached hydrogens (tertiary/aromatic N) is 3. The summed E-state index contributed by atoms with van der Waals surface area (Å²) in [6, 6.07) is -0.952. The molecule has 41 heavy (non-hydrogen) atoms. The van der Waals surface area contributed by atoms with Crippen LogP contribution in [0.1, 0.15) is 33.4 Å². The molecule has 2 unspecified atom stereocenters. The fourth-order valence-electron chi connectivity index (χ4n) is 3.80. The number of nitrogen functional groups attached to an aromatic ring is 1. The summed E-state index contributed by atoms with van der Waals surface area (Å²) in [5.74, 6) is -2.49. The lowest BCUT2D eigenvalue weighted by atomic mass is 9.86. The molecule has 2 aliphatic rings. The maximum atomic E-state index is 13.2. The second-order valence-corrected chi connectivity index (χ2v) is 12.1. The number of hydrogen-bond donors (Lipinski definition) is 4. The number of thiazole rings is 1. The number of nitrogens with two attached hydrogens (primary N) is 1. The van der Waals surface area contributed by atoms with Gasteiger partial charge in [-0.15, -0.1) is 23.1 Å². The number of amides is 3. The minimum atomic E-state index is -1.36. The summed E-state index contributed by atoms with van der Waals surface area (Å²) in [5, 5.41) is 18.4.